The Morgan fingerprint density at radius 3 is 2.62 bits per heavy atom. The summed E-state index contributed by atoms with van der Waals surface area (Å²) in [6.45, 7) is 9.48. The van der Waals surface area contributed by atoms with Crippen LogP contribution in [0.1, 0.15) is 50.9 Å². The normalized spacial score (nSPS) is 16.2. The number of methoxy groups -OCH3 is 1. The summed E-state index contributed by atoms with van der Waals surface area (Å²) in [5, 5.41) is 10.9. The van der Waals surface area contributed by atoms with E-state index >= 15 is 0 Å². The number of fused-ring (bicyclic) bond motifs is 2. The molecule has 3 aromatic heterocycles. The van der Waals surface area contributed by atoms with Crippen molar-refractivity contribution in [3.8, 4) is 17.4 Å². The zero-order valence-corrected chi connectivity index (χ0v) is 23.4. The Morgan fingerprint density at radius 1 is 1.18 bits per heavy atom. The van der Waals surface area contributed by atoms with Crippen LogP contribution in [0.2, 0.25) is 0 Å². The maximum atomic E-state index is 13.6. The SMILES string of the molecule is CCn1c(-c2nc3cc(C(=O)N4CCCC(N(C(=O)O)C(C)(C)C)C4)ccc3n2C)cc2cc(OC)ncc21. The summed E-state index contributed by atoms with van der Waals surface area (Å²) in [5.41, 5.74) is 3.62. The molecule has 1 fully saturated rings. The summed E-state index contributed by atoms with van der Waals surface area (Å²) in [5.74, 6) is 1.25. The third kappa shape index (κ3) is 4.68. The first kappa shape index (κ1) is 26.5. The maximum absolute atomic E-state index is 13.6. The van der Waals surface area contributed by atoms with Crippen molar-refractivity contribution in [2.45, 2.75) is 58.7 Å². The number of benzene rings is 1. The molecule has 0 bridgehead atoms. The highest BCUT2D eigenvalue weighted by Gasteiger charge is 2.37. The number of carbonyl (C=O) groups is 2. The largest absolute Gasteiger partial charge is 0.481 e. The number of carboxylic acid groups (broad SMARTS) is 1. The molecule has 4 aromatic rings. The Hall–Kier alpha value is -4.08. The van der Waals surface area contributed by atoms with Crippen LogP contribution in [-0.4, -0.2) is 77.8 Å². The Labute approximate surface area is 227 Å². The number of rotatable bonds is 5. The molecular weight excluding hydrogens is 496 g/mol. The van der Waals surface area contributed by atoms with Gasteiger partial charge in [0.05, 0.1) is 41.6 Å². The van der Waals surface area contributed by atoms with E-state index in [1.807, 2.05) is 62.8 Å². The molecule has 0 aliphatic carbocycles. The van der Waals surface area contributed by atoms with E-state index in [9.17, 15) is 14.7 Å². The molecule has 1 saturated heterocycles. The van der Waals surface area contributed by atoms with Crippen molar-refractivity contribution in [1.29, 1.82) is 0 Å². The zero-order chi connectivity index (χ0) is 28.1. The van der Waals surface area contributed by atoms with Crippen molar-refractivity contribution in [1.82, 2.24) is 28.9 Å². The molecule has 206 valence electrons. The summed E-state index contributed by atoms with van der Waals surface area (Å²) in [6.07, 6.45) is 2.36. The molecule has 5 rings (SSSR count). The average molecular weight is 533 g/mol. The number of ether oxygens (including phenoxy) is 1. The van der Waals surface area contributed by atoms with Crippen LogP contribution in [0.25, 0.3) is 33.5 Å². The van der Waals surface area contributed by atoms with Gasteiger partial charge in [-0.15, -0.1) is 0 Å². The van der Waals surface area contributed by atoms with E-state index in [2.05, 4.69) is 22.5 Å². The lowest BCUT2D eigenvalue weighted by Gasteiger charge is -2.44. The molecule has 1 aromatic carbocycles. The molecular formula is C29H36N6O4. The molecule has 10 nitrogen and oxygen atoms in total. The van der Waals surface area contributed by atoms with Gasteiger partial charge in [0, 0.05) is 49.2 Å². The standard InChI is InChI=1S/C29H36N6O4/c1-7-34-23(14-19-15-25(39-6)30-16-24(19)34)26-31-21-13-18(10-11-22(21)32(26)5)27(36)33-12-8-9-20(17-33)35(28(37)38)29(2,3)4/h10-11,13-16,20H,7-9,12,17H2,1-6H3,(H,37,38). The Bertz CT molecular complexity index is 1560. The highest BCUT2D eigenvalue weighted by Crippen LogP contribution is 2.32. The Balaban J connectivity index is 1.47. The Kier molecular flexibility index (Phi) is 6.74. The number of aryl methyl sites for hydroxylation is 2. The molecule has 10 heteroatoms. The molecule has 1 aliphatic rings. The van der Waals surface area contributed by atoms with E-state index in [0.29, 0.717) is 24.5 Å². The van der Waals surface area contributed by atoms with E-state index in [4.69, 9.17) is 9.72 Å². The van der Waals surface area contributed by atoms with Gasteiger partial charge in [-0.1, -0.05) is 0 Å². The van der Waals surface area contributed by atoms with E-state index in [0.717, 1.165) is 52.8 Å². The van der Waals surface area contributed by atoms with Crippen LogP contribution in [-0.2, 0) is 13.6 Å². The number of hydrogen-bond donors (Lipinski definition) is 1. The third-order valence-electron chi connectivity index (χ3n) is 7.62. The van der Waals surface area contributed by atoms with E-state index in [-0.39, 0.29) is 11.9 Å². The minimum atomic E-state index is -0.956. The molecule has 39 heavy (non-hydrogen) atoms. The lowest BCUT2D eigenvalue weighted by Crippen LogP contribution is -2.57. The molecule has 1 N–H and O–H groups in total. The van der Waals surface area contributed by atoms with Crippen molar-refractivity contribution in [2.75, 3.05) is 20.2 Å². The van der Waals surface area contributed by atoms with E-state index < -0.39 is 11.6 Å². The number of carbonyl (C=O) groups excluding carboxylic acids is 1. The summed E-state index contributed by atoms with van der Waals surface area (Å²) < 4.78 is 9.52. The number of nitrogens with zero attached hydrogens (tertiary/aromatic N) is 6. The number of hydrogen-bond acceptors (Lipinski definition) is 5. The van der Waals surface area contributed by atoms with Gasteiger partial charge in [-0.25, -0.2) is 14.8 Å². The van der Waals surface area contributed by atoms with Crippen molar-refractivity contribution >= 4 is 33.9 Å². The van der Waals surface area contributed by atoms with Crippen LogP contribution in [0.5, 0.6) is 5.88 Å². The maximum Gasteiger partial charge on any atom is 0.408 e. The molecule has 1 atom stereocenters. The predicted octanol–water partition coefficient (Wildman–Crippen LogP) is 5.00. The number of likely N-dealkylation sites (tertiary alicyclic amines) is 1. The van der Waals surface area contributed by atoms with Gasteiger partial charge in [-0.2, -0.15) is 0 Å². The first-order chi connectivity index (χ1) is 18.5. The molecule has 1 aliphatic heterocycles. The molecule has 0 spiro atoms. The molecule has 2 amide bonds. The topological polar surface area (TPSA) is 106 Å². The number of piperidine rings is 1. The van der Waals surface area contributed by atoms with E-state index in [1.54, 1.807) is 12.0 Å². The predicted molar refractivity (Wildman–Crippen MR) is 150 cm³/mol. The van der Waals surface area contributed by atoms with Gasteiger partial charge in [-0.3, -0.25) is 9.69 Å². The van der Waals surface area contributed by atoms with Gasteiger partial charge in [0.2, 0.25) is 5.88 Å². The lowest BCUT2D eigenvalue weighted by atomic mass is 9.97. The highest BCUT2D eigenvalue weighted by atomic mass is 16.5. The lowest BCUT2D eigenvalue weighted by molar-refractivity contribution is 0.0315. The fraction of sp³-hybridized carbons (Fsp3) is 0.448. The monoisotopic (exact) mass is 532 g/mol. The van der Waals surface area contributed by atoms with Crippen LogP contribution < -0.4 is 4.74 Å². The molecule has 0 radical (unpaired) electrons. The second kappa shape index (κ2) is 9.91. The van der Waals surface area contributed by atoms with Gasteiger partial charge in [0.15, 0.2) is 5.82 Å². The van der Waals surface area contributed by atoms with Crippen LogP contribution in [0.15, 0.2) is 36.5 Å². The van der Waals surface area contributed by atoms with Crippen molar-refractivity contribution in [3.63, 3.8) is 0 Å². The number of pyridine rings is 1. The second-order valence-corrected chi connectivity index (χ2v) is 11.1. The van der Waals surface area contributed by atoms with Gasteiger partial charge in [0.1, 0.15) is 0 Å². The fourth-order valence-electron chi connectivity index (χ4n) is 5.86. The summed E-state index contributed by atoms with van der Waals surface area (Å²) in [4.78, 5) is 38.2. The highest BCUT2D eigenvalue weighted by molar-refractivity contribution is 5.98. The van der Waals surface area contributed by atoms with Gasteiger partial charge in [-0.05, 0) is 64.8 Å². The van der Waals surface area contributed by atoms with Gasteiger partial charge >= 0.3 is 6.09 Å². The van der Waals surface area contributed by atoms with Gasteiger partial charge in [0.25, 0.3) is 5.91 Å². The van der Waals surface area contributed by atoms with Crippen LogP contribution in [0, 0.1) is 0 Å². The first-order valence-electron chi connectivity index (χ1n) is 13.3. The van der Waals surface area contributed by atoms with Crippen molar-refractivity contribution in [3.05, 3.63) is 42.1 Å². The second-order valence-electron chi connectivity index (χ2n) is 11.1. The number of imidazole rings is 1. The van der Waals surface area contributed by atoms with Gasteiger partial charge < -0.3 is 23.9 Å². The molecule has 0 saturated carbocycles. The minimum Gasteiger partial charge on any atom is -0.481 e. The van der Waals surface area contributed by atoms with Crippen molar-refractivity contribution in [2.24, 2.45) is 7.05 Å². The quantitative estimate of drug-likeness (QED) is 0.388. The van der Waals surface area contributed by atoms with Crippen LogP contribution in [0.3, 0.4) is 0 Å². The first-order valence-corrected chi connectivity index (χ1v) is 13.3. The minimum absolute atomic E-state index is 0.103. The summed E-state index contributed by atoms with van der Waals surface area (Å²) >= 11 is 0. The average Bonchev–Trinajstić information content (AvgIpc) is 3.43. The number of aromatic nitrogens is 4. The molecule has 4 heterocycles. The third-order valence-corrected chi connectivity index (χ3v) is 7.62. The smallest absolute Gasteiger partial charge is 0.408 e. The summed E-state index contributed by atoms with van der Waals surface area (Å²) in [7, 11) is 3.58. The van der Waals surface area contributed by atoms with E-state index in [1.165, 1.54) is 4.90 Å². The van der Waals surface area contributed by atoms with Crippen LogP contribution in [0.4, 0.5) is 4.79 Å². The zero-order valence-electron chi connectivity index (χ0n) is 23.4. The molecule has 1 unspecified atom stereocenters. The summed E-state index contributed by atoms with van der Waals surface area (Å²) in [6, 6.07) is 9.38. The van der Waals surface area contributed by atoms with Crippen LogP contribution >= 0.6 is 0 Å². The number of amides is 2. The Morgan fingerprint density at radius 2 is 1.95 bits per heavy atom. The fourth-order valence-corrected chi connectivity index (χ4v) is 5.86. The van der Waals surface area contributed by atoms with Crippen molar-refractivity contribution < 1.29 is 19.4 Å².